The molecule has 0 spiro atoms. The van der Waals surface area contributed by atoms with Gasteiger partial charge in [-0.2, -0.15) is 0 Å². The van der Waals surface area contributed by atoms with E-state index in [0.717, 1.165) is 31.2 Å². The molecular weight excluding hydrogens is 363 g/mol. The van der Waals surface area contributed by atoms with E-state index in [4.69, 9.17) is 11.6 Å². The number of carbonyl (C=O) groups is 1. The molecule has 0 bridgehead atoms. The van der Waals surface area contributed by atoms with Gasteiger partial charge in [-0.1, -0.05) is 79.7 Å². The quantitative estimate of drug-likeness (QED) is 0.308. The molecule has 0 aliphatic heterocycles. The van der Waals surface area contributed by atoms with Gasteiger partial charge in [-0.25, -0.2) is 0 Å². The van der Waals surface area contributed by atoms with Gasteiger partial charge >= 0.3 is 0 Å². The first-order valence-electron chi connectivity index (χ1n) is 9.46. The highest BCUT2D eigenvalue weighted by molar-refractivity contribution is 7.64. The van der Waals surface area contributed by atoms with Crippen LogP contribution in [0.5, 0.6) is 0 Å². The van der Waals surface area contributed by atoms with E-state index in [2.05, 4.69) is 24.3 Å². The molecule has 1 unspecified atom stereocenters. The smallest absolute Gasteiger partial charge is 0.220 e. The van der Waals surface area contributed by atoms with Crippen LogP contribution >= 0.6 is 19.4 Å². The largest absolute Gasteiger partial charge is 0.318 e. The molecule has 0 fully saturated rings. The maximum Gasteiger partial charge on any atom is 0.220 e. The van der Waals surface area contributed by atoms with Crippen LogP contribution in [-0.4, -0.2) is 11.7 Å². The Labute approximate surface area is 162 Å². The Morgan fingerprint density at radius 2 is 1.54 bits per heavy atom. The van der Waals surface area contributed by atoms with E-state index in [-0.39, 0.29) is 5.52 Å². The molecule has 2 nitrogen and oxygen atoms in total. The van der Waals surface area contributed by atoms with Crippen LogP contribution in [0.1, 0.15) is 60.0 Å². The summed E-state index contributed by atoms with van der Waals surface area (Å²) in [5.74, 6) is 0. The summed E-state index contributed by atoms with van der Waals surface area (Å²) in [4.78, 5) is 12.4. The molecule has 0 heterocycles. The van der Waals surface area contributed by atoms with Crippen LogP contribution in [0.3, 0.4) is 0 Å². The first-order chi connectivity index (χ1) is 12.6. The summed E-state index contributed by atoms with van der Waals surface area (Å²) in [7, 11) is -2.27. The van der Waals surface area contributed by atoms with Gasteiger partial charge in [0.1, 0.15) is 7.80 Å². The molecule has 0 N–H and O–H groups in total. The minimum atomic E-state index is -2.27. The molecule has 0 aliphatic carbocycles. The molecule has 0 aliphatic rings. The van der Waals surface area contributed by atoms with Crippen molar-refractivity contribution in [2.45, 2.75) is 51.9 Å². The van der Waals surface area contributed by atoms with Crippen LogP contribution in [0.25, 0.3) is 0 Å². The van der Waals surface area contributed by atoms with E-state index in [9.17, 15) is 9.36 Å². The van der Waals surface area contributed by atoms with Crippen molar-refractivity contribution >= 4 is 24.9 Å². The molecule has 4 heteroatoms. The molecule has 0 amide bonds. The lowest BCUT2D eigenvalue weighted by molar-refractivity contribution is 0.107. The molecule has 0 saturated heterocycles. The van der Waals surface area contributed by atoms with Gasteiger partial charge in [-0.05, 0) is 43.4 Å². The van der Waals surface area contributed by atoms with Crippen LogP contribution in [0.2, 0.25) is 5.02 Å². The van der Waals surface area contributed by atoms with Crippen molar-refractivity contribution < 1.29 is 9.36 Å². The van der Waals surface area contributed by atoms with Crippen molar-refractivity contribution in [2.24, 2.45) is 0 Å². The van der Waals surface area contributed by atoms with Gasteiger partial charge in [-0.3, -0.25) is 4.79 Å². The summed E-state index contributed by atoms with van der Waals surface area (Å²) in [5.41, 5.74) is 2.39. The topological polar surface area (TPSA) is 34.1 Å². The highest BCUT2D eigenvalue weighted by Gasteiger charge is 2.18. The van der Waals surface area contributed by atoms with E-state index in [1.54, 1.807) is 6.07 Å². The Bertz CT molecular complexity index is 708. The van der Waals surface area contributed by atoms with Crippen molar-refractivity contribution in [1.82, 2.24) is 0 Å². The Kier molecular flexibility index (Phi) is 9.15. The van der Waals surface area contributed by atoms with Gasteiger partial charge in [-0.15, -0.1) is 0 Å². The zero-order chi connectivity index (χ0) is 18.8. The summed E-state index contributed by atoms with van der Waals surface area (Å²) in [6, 6.07) is 15.9. The molecule has 2 rings (SSSR count). The molecule has 0 radical (unpaired) electrons. The highest BCUT2D eigenvalue weighted by Crippen LogP contribution is 2.33. The van der Waals surface area contributed by atoms with Crippen LogP contribution in [-0.2, 0) is 11.0 Å². The lowest BCUT2D eigenvalue weighted by Gasteiger charge is -2.07. The summed E-state index contributed by atoms with van der Waals surface area (Å²) in [5, 5.41) is 0.409. The number of rotatable bonds is 11. The lowest BCUT2D eigenvalue weighted by atomic mass is 10.1. The first-order valence-corrected chi connectivity index (χ1v) is 11.5. The second kappa shape index (κ2) is 11.4. The third-order valence-corrected chi connectivity index (χ3v) is 6.54. The lowest BCUT2D eigenvalue weighted by Crippen LogP contribution is -2.00. The fraction of sp³-hybridized carbons (Fsp3) is 0.409. The predicted molar refractivity (Wildman–Crippen MR) is 112 cm³/mol. The van der Waals surface area contributed by atoms with Crippen molar-refractivity contribution in [3.05, 3.63) is 70.2 Å². The van der Waals surface area contributed by atoms with E-state index in [1.165, 1.54) is 24.8 Å². The van der Waals surface area contributed by atoms with E-state index in [1.807, 2.05) is 25.1 Å². The second-order valence-electron chi connectivity index (χ2n) is 6.79. The van der Waals surface area contributed by atoms with Gasteiger partial charge in [0.2, 0.25) is 5.52 Å². The summed E-state index contributed by atoms with van der Waals surface area (Å²) in [6.45, 7) is 1.84. The molecular formula is C22H28ClO2P. The van der Waals surface area contributed by atoms with Crippen molar-refractivity contribution in [1.29, 1.82) is 0 Å². The van der Waals surface area contributed by atoms with Crippen molar-refractivity contribution in [2.75, 3.05) is 6.16 Å². The molecule has 1 atom stereocenters. The van der Waals surface area contributed by atoms with Gasteiger partial charge in [0.15, 0.2) is 0 Å². The van der Waals surface area contributed by atoms with E-state index < -0.39 is 7.80 Å². The first kappa shape index (κ1) is 20.9. The Hall–Kier alpha value is -1.37. The molecule has 140 valence electrons. The Morgan fingerprint density at radius 3 is 2.23 bits per heavy atom. The Balaban J connectivity index is 1.59. The summed E-state index contributed by atoms with van der Waals surface area (Å²) < 4.78 is 12.3. The predicted octanol–water partition coefficient (Wildman–Crippen LogP) is 6.93. The average Bonchev–Trinajstić information content (AvgIpc) is 2.64. The van der Waals surface area contributed by atoms with E-state index >= 15 is 0 Å². The zero-order valence-electron chi connectivity index (χ0n) is 15.5. The minimum absolute atomic E-state index is 0.263. The monoisotopic (exact) mass is 390 g/mol. The van der Waals surface area contributed by atoms with Crippen LogP contribution in [0, 0.1) is 6.92 Å². The third-order valence-electron chi connectivity index (χ3n) is 4.66. The van der Waals surface area contributed by atoms with Crippen LogP contribution in [0.15, 0.2) is 48.5 Å². The van der Waals surface area contributed by atoms with Gasteiger partial charge < -0.3 is 4.57 Å². The highest BCUT2D eigenvalue weighted by atomic mass is 35.5. The maximum atomic E-state index is 12.4. The fourth-order valence-electron chi connectivity index (χ4n) is 3.14. The van der Waals surface area contributed by atoms with Crippen LogP contribution in [0.4, 0.5) is 0 Å². The number of carbonyl (C=O) groups excluding carboxylic acids is 1. The number of halogens is 1. The van der Waals surface area contributed by atoms with Gasteiger partial charge in [0.25, 0.3) is 0 Å². The van der Waals surface area contributed by atoms with Crippen molar-refractivity contribution in [3.8, 4) is 0 Å². The zero-order valence-corrected chi connectivity index (χ0v) is 17.2. The number of benzene rings is 2. The normalized spacial score (nSPS) is 12.1. The standard InChI is InChI=1S/C22H28ClO2P/c1-18-12-11-16-20(23)21(18)22(24)26(25)17-10-5-3-2-4-7-13-19-14-8-6-9-15-19/h6,8-9,11-12,14-16,26H,2-5,7,10,13,17H2,1H3. The molecule has 2 aromatic carbocycles. The summed E-state index contributed by atoms with van der Waals surface area (Å²) >= 11 is 6.10. The number of aryl methyl sites for hydroxylation is 2. The van der Waals surface area contributed by atoms with Gasteiger partial charge in [0.05, 0.1) is 5.02 Å². The minimum Gasteiger partial charge on any atom is -0.318 e. The van der Waals surface area contributed by atoms with E-state index in [0.29, 0.717) is 16.7 Å². The number of unbranched alkanes of at least 4 members (excludes halogenated alkanes) is 5. The number of hydrogen-bond donors (Lipinski definition) is 0. The SMILES string of the molecule is Cc1cccc(Cl)c1C(=O)[PH](=O)CCCCCCCCc1ccccc1. The average molecular weight is 391 g/mol. The van der Waals surface area contributed by atoms with Crippen LogP contribution < -0.4 is 0 Å². The number of hydrogen-bond acceptors (Lipinski definition) is 2. The second-order valence-corrected chi connectivity index (χ2v) is 9.00. The molecule has 0 aromatic heterocycles. The molecule has 26 heavy (non-hydrogen) atoms. The maximum absolute atomic E-state index is 12.4. The van der Waals surface area contributed by atoms with Gasteiger partial charge in [0, 0.05) is 11.7 Å². The third kappa shape index (κ3) is 6.74. The summed E-state index contributed by atoms with van der Waals surface area (Å²) in [6.07, 6.45) is 8.31. The van der Waals surface area contributed by atoms with Crippen molar-refractivity contribution in [3.63, 3.8) is 0 Å². The molecule has 0 saturated carbocycles. The molecule has 2 aromatic rings. The fourth-order valence-corrected chi connectivity index (χ4v) is 4.93. The Morgan fingerprint density at radius 1 is 0.885 bits per heavy atom.